The molecule has 0 fully saturated rings. The van der Waals surface area contributed by atoms with Gasteiger partial charge in [-0.1, -0.05) is 23.7 Å². The lowest BCUT2D eigenvalue weighted by Crippen LogP contribution is -2.43. The summed E-state index contributed by atoms with van der Waals surface area (Å²) in [6.07, 6.45) is 1.88. The van der Waals surface area contributed by atoms with Gasteiger partial charge in [-0.25, -0.2) is 0 Å². The molecule has 0 aromatic heterocycles. The van der Waals surface area contributed by atoms with Crippen LogP contribution in [0.15, 0.2) is 36.4 Å². The monoisotopic (exact) mass is 374 g/mol. The third-order valence-corrected chi connectivity index (χ3v) is 5.25. The molecule has 0 spiro atoms. The first-order chi connectivity index (χ1) is 12.2. The summed E-state index contributed by atoms with van der Waals surface area (Å²) in [4.78, 5) is 2.21. The van der Waals surface area contributed by atoms with E-state index in [9.17, 15) is 0 Å². The van der Waals surface area contributed by atoms with Crippen molar-refractivity contribution in [2.24, 2.45) is 0 Å². The quantitative estimate of drug-likeness (QED) is 0.831. The minimum absolute atomic E-state index is 0.312. The Balaban J connectivity index is 1.33. The summed E-state index contributed by atoms with van der Waals surface area (Å²) in [6.45, 7) is 2.84. The Bertz CT molecular complexity index is 795. The van der Waals surface area contributed by atoms with Gasteiger partial charge < -0.3 is 19.7 Å². The Morgan fingerprint density at radius 3 is 2.60 bits per heavy atom. The Kier molecular flexibility index (Phi) is 4.68. The topological polar surface area (TPSA) is 33.7 Å². The molecule has 0 atom stereocenters. The first-order valence-corrected chi connectivity index (χ1v) is 9.16. The van der Waals surface area contributed by atoms with Gasteiger partial charge in [0.05, 0.1) is 0 Å². The Morgan fingerprint density at radius 2 is 1.84 bits per heavy atom. The summed E-state index contributed by atoms with van der Waals surface area (Å²) in [5.41, 5.74) is 3.83. The predicted molar refractivity (Wildman–Crippen MR) is 102 cm³/mol. The van der Waals surface area contributed by atoms with Crippen molar-refractivity contribution in [2.45, 2.75) is 19.4 Å². The Labute approximate surface area is 157 Å². The molecule has 2 heterocycles. The van der Waals surface area contributed by atoms with E-state index in [0.29, 0.717) is 6.79 Å². The van der Waals surface area contributed by atoms with Crippen LogP contribution in [0.3, 0.4) is 0 Å². The van der Waals surface area contributed by atoms with Crippen molar-refractivity contribution in [1.29, 1.82) is 0 Å². The highest BCUT2D eigenvalue weighted by Crippen LogP contribution is 2.36. The van der Waals surface area contributed by atoms with Crippen molar-refractivity contribution in [3.8, 4) is 11.5 Å². The molecule has 4 rings (SSSR count). The van der Waals surface area contributed by atoms with Crippen LogP contribution in [-0.2, 0) is 19.4 Å². The Morgan fingerprint density at radius 1 is 1.12 bits per heavy atom. The molecule has 4 nitrogen and oxygen atoms in total. The molecule has 0 aliphatic carbocycles. The van der Waals surface area contributed by atoms with Crippen molar-refractivity contribution in [1.82, 2.24) is 10.2 Å². The van der Waals surface area contributed by atoms with E-state index in [0.717, 1.165) is 54.1 Å². The summed E-state index contributed by atoms with van der Waals surface area (Å²) < 4.78 is 10.9. The van der Waals surface area contributed by atoms with Crippen LogP contribution in [0.1, 0.15) is 16.7 Å². The average Bonchev–Trinajstić information content (AvgIpc) is 3.08. The third kappa shape index (κ3) is 3.67. The molecule has 0 radical (unpaired) electrons. The summed E-state index contributed by atoms with van der Waals surface area (Å²) in [7, 11) is 0. The highest BCUT2D eigenvalue weighted by atomic mass is 35.5. The average molecular weight is 375 g/mol. The molecule has 25 heavy (non-hydrogen) atoms. The SMILES string of the molecule is S=C(NCCc1ccc(Cl)cc1)N1CCc2cc3c(cc2C1)OCO3. The van der Waals surface area contributed by atoms with E-state index in [1.807, 2.05) is 24.3 Å². The fourth-order valence-corrected chi connectivity index (χ4v) is 3.58. The van der Waals surface area contributed by atoms with E-state index in [1.165, 1.54) is 16.7 Å². The molecule has 6 heteroatoms. The molecule has 130 valence electrons. The molecular weight excluding hydrogens is 356 g/mol. The molecule has 0 bridgehead atoms. The van der Waals surface area contributed by atoms with E-state index in [2.05, 4.69) is 22.3 Å². The zero-order valence-corrected chi connectivity index (χ0v) is 15.3. The zero-order chi connectivity index (χ0) is 17.2. The molecule has 1 N–H and O–H groups in total. The minimum Gasteiger partial charge on any atom is -0.454 e. The van der Waals surface area contributed by atoms with Gasteiger partial charge in [0.25, 0.3) is 0 Å². The number of hydrogen-bond acceptors (Lipinski definition) is 3. The van der Waals surface area contributed by atoms with Crippen LogP contribution in [-0.4, -0.2) is 29.9 Å². The first kappa shape index (κ1) is 16.5. The van der Waals surface area contributed by atoms with E-state index < -0.39 is 0 Å². The number of rotatable bonds is 3. The van der Waals surface area contributed by atoms with Crippen molar-refractivity contribution < 1.29 is 9.47 Å². The van der Waals surface area contributed by atoms with Crippen LogP contribution in [0.4, 0.5) is 0 Å². The highest BCUT2D eigenvalue weighted by Gasteiger charge is 2.23. The maximum Gasteiger partial charge on any atom is 0.231 e. The maximum atomic E-state index is 5.91. The van der Waals surface area contributed by atoms with Crippen LogP contribution in [0.2, 0.25) is 5.02 Å². The summed E-state index contributed by atoms with van der Waals surface area (Å²) in [6, 6.07) is 12.1. The molecule has 2 aliphatic heterocycles. The number of halogens is 1. The molecule has 0 unspecified atom stereocenters. The largest absolute Gasteiger partial charge is 0.454 e. The van der Waals surface area contributed by atoms with Crippen LogP contribution in [0.25, 0.3) is 0 Å². The van der Waals surface area contributed by atoms with Crippen LogP contribution < -0.4 is 14.8 Å². The van der Waals surface area contributed by atoms with Gasteiger partial charge in [-0.05, 0) is 66.0 Å². The van der Waals surface area contributed by atoms with Gasteiger partial charge in [0.1, 0.15) is 0 Å². The van der Waals surface area contributed by atoms with Crippen molar-refractivity contribution in [3.05, 3.63) is 58.1 Å². The van der Waals surface area contributed by atoms with Gasteiger partial charge >= 0.3 is 0 Å². The third-order valence-electron chi connectivity index (χ3n) is 4.60. The number of ether oxygens (including phenoxy) is 2. The van der Waals surface area contributed by atoms with E-state index in [-0.39, 0.29) is 0 Å². The first-order valence-electron chi connectivity index (χ1n) is 8.38. The highest BCUT2D eigenvalue weighted by molar-refractivity contribution is 7.80. The lowest BCUT2D eigenvalue weighted by Gasteiger charge is -2.31. The van der Waals surface area contributed by atoms with Crippen LogP contribution in [0, 0.1) is 0 Å². The smallest absolute Gasteiger partial charge is 0.231 e. The lowest BCUT2D eigenvalue weighted by molar-refractivity contribution is 0.174. The Hall–Kier alpha value is -1.98. The second kappa shape index (κ2) is 7.10. The predicted octanol–water partition coefficient (Wildman–Crippen LogP) is 3.54. The summed E-state index contributed by atoms with van der Waals surface area (Å²) in [5.74, 6) is 1.69. The number of thiocarbonyl (C=S) groups is 1. The van der Waals surface area contributed by atoms with Gasteiger partial charge in [0.15, 0.2) is 16.6 Å². The summed E-state index contributed by atoms with van der Waals surface area (Å²) in [5, 5.41) is 4.93. The number of fused-ring (bicyclic) bond motifs is 2. The van der Waals surface area contributed by atoms with E-state index in [4.69, 9.17) is 33.3 Å². The van der Waals surface area contributed by atoms with Crippen molar-refractivity contribution in [2.75, 3.05) is 19.9 Å². The molecule has 0 saturated carbocycles. The van der Waals surface area contributed by atoms with Gasteiger partial charge in [0, 0.05) is 24.7 Å². The van der Waals surface area contributed by atoms with Crippen molar-refractivity contribution in [3.63, 3.8) is 0 Å². The normalized spacial score (nSPS) is 15.0. The van der Waals surface area contributed by atoms with Gasteiger partial charge in [-0.2, -0.15) is 0 Å². The van der Waals surface area contributed by atoms with Crippen LogP contribution in [0.5, 0.6) is 11.5 Å². The number of nitrogens with one attached hydrogen (secondary N) is 1. The fourth-order valence-electron chi connectivity index (χ4n) is 3.20. The zero-order valence-electron chi connectivity index (χ0n) is 13.8. The molecule has 0 saturated heterocycles. The van der Waals surface area contributed by atoms with Gasteiger partial charge in [0.2, 0.25) is 6.79 Å². The molecule has 2 aromatic carbocycles. The fraction of sp³-hybridized carbons (Fsp3) is 0.316. The summed E-state index contributed by atoms with van der Waals surface area (Å²) >= 11 is 11.5. The molecule has 0 amide bonds. The lowest BCUT2D eigenvalue weighted by atomic mass is 9.99. The molecule has 2 aliphatic rings. The van der Waals surface area contributed by atoms with Gasteiger partial charge in [-0.3, -0.25) is 0 Å². The minimum atomic E-state index is 0.312. The van der Waals surface area contributed by atoms with E-state index in [1.54, 1.807) is 0 Å². The second-order valence-electron chi connectivity index (χ2n) is 6.25. The second-order valence-corrected chi connectivity index (χ2v) is 7.08. The number of benzene rings is 2. The van der Waals surface area contributed by atoms with Gasteiger partial charge in [-0.15, -0.1) is 0 Å². The maximum absolute atomic E-state index is 5.91. The van der Waals surface area contributed by atoms with Crippen LogP contribution >= 0.6 is 23.8 Å². The van der Waals surface area contributed by atoms with E-state index >= 15 is 0 Å². The standard InChI is InChI=1S/C19H19ClN2O2S/c20-16-3-1-13(2-4-16)5-7-21-19(25)22-8-6-14-9-17-18(24-12-23-17)10-15(14)11-22/h1-4,9-10H,5-8,11-12H2,(H,21,25). The number of nitrogens with zero attached hydrogens (tertiary/aromatic N) is 1. The number of hydrogen-bond donors (Lipinski definition) is 1. The molecular formula is C19H19ClN2O2S. The molecule has 2 aromatic rings. The van der Waals surface area contributed by atoms with Crippen molar-refractivity contribution >= 4 is 28.9 Å².